The first-order chi connectivity index (χ1) is 32.4. The predicted molar refractivity (Wildman–Crippen MR) is 232 cm³/mol. The second-order valence-corrected chi connectivity index (χ2v) is 13.7. The number of furan rings is 1. The minimum Gasteiger partial charge on any atom is -0.454 e. The zero-order valence-electron chi connectivity index (χ0n) is 39.8. The van der Waals surface area contributed by atoms with Gasteiger partial charge >= 0.3 is 0 Å². The third kappa shape index (κ3) is 4.87. The normalized spacial score (nSPS) is 14.3. The van der Waals surface area contributed by atoms with Crippen LogP contribution in [0.1, 0.15) is 13.7 Å². The maximum absolute atomic E-state index is 8.72. The van der Waals surface area contributed by atoms with Crippen molar-refractivity contribution in [1.82, 2.24) is 24.1 Å². The molecule has 0 amide bonds. The Morgan fingerprint density at radius 1 is 0.404 bits per heavy atom. The smallest absolute Gasteiger partial charge is 0.164 e. The van der Waals surface area contributed by atoms with Crippen molar-refractivity contribution >= 4 is 65.6 Å². The van der Waals surface area contributed by atoms with Crippen LogP contribution in [0, 0.1) is 0 Å². The molecule has 4 aromatic heterocycles. The number of hydrogen-bond acceptors (Lipinski definition) is 4. The Hall–Kier alpha value is -7.83. The highest BCUT2D eigenvalue weighted by atomic mass is 16.3. The molecule has 0 radical (unpaired) electrons. The summed E-state index contributed by atoms with van der Waals surface area (Å²) in [5.74, 6) is -0.744. The molecule has 0 spiro atoms. The van der Waals surface area contributed by atoms with Crippen molar-refractivity contribution in [2.24, 2.45) is 0 Å². The molecule has 0 atom stereocenters. The van der Waals surface area contributed by atoms with Crippen LogP contribution in [-0.4, -0.2) is 24.1 Å². The van der Waals surface area contributed by atoms with Crippen LogP contribution in [0.3, 0.4) is 0 Å². The molecule has 0 N–H and O–H groups in total. The Kier molecular flexibility index (Phi) is 5.02. The van der Waals surface area contributed by atoms with Crippen LogP contribution in [0.4, 0.5) is 0 Å². The van der Waals surface area contributed by atoms with Crippen molar-refractivity contribution in [3.8, 4) is 45.5 Å². The maximum atomic E-state index is 8.72. The quantitative estimate of drug-likeness (QED) is 0.176. The lowest BCUT2D eigenvalue weighted by molar-refractivity contribution is 0.666. The van der Waals surface area contributed by atoms with Gasteiger partial charge in [-0.3, -0.25) is 0 Å². The molecule has 0 bridgehead atoms. The van der Waals surface area contributed by atoms with Crippen molar-refractivity contribution in [3.63, 3.8) is 0 Å². The summed E-state index contributed by atoms with van der Waals surface area (Å²) in [6, 6.07) is 36.9. The summed E-state index contributed by atoms with van der Waals surface area (Å²) in [6.45, 7) is 0. The largest absolute Gasteiger partial charge is 0.454 e. The van der Waals surface area contributed by atoms with E-state index in [1.165, 1.54) is 0 Å². The van der Waals surface area contributed by atoms with E-state index in [1.807, 2.05) is 54.6 Å². The van der Waals surface area contributed by atoms with Crippen LogP contribution in [0.5, 0.6) is 0 Å². The molecule has 0 unspecified atom stereocenters. The summed E-state index contributed by atoms with van der Waals surface area (Å²) in [5.41, 5.74) is 6.71. The first kappa shape index (κ1) is 23.2. The molecule has 0 aliphatic carbocycles. The SMILES string of the molecule is [2H]c1c([2H])c([2H])c(-c2nc(-c3ccc4c(c3)oc3c(-n5c6ccccc6c6cc7c8ccccc8n(-c8ccccc8)c7cc65)cccc34)nc(-c3c([2H])c([2H])c([2H])c([2H])c3[2H])n2)c([2H])c1[2H]. The highest BCUT2D eigenvalue weighted by Crippen LogP contribution is 2.42. The molecule has 4 heterocycles. The fourth-order valence-electron chi connectivity index (χ4n) is 8.10. The summed E-state index contributed by atoms with van der Waals surface area (Å²) >= 11 is 0. The number of hydrogen-bond donors (Lipinski definition) is 0. The summed E-state index contributed by atoms with van der Waals surface area (Å²) < 4.78 is 95.9. The van der Waals surface area contributed by atoms with Crippen molar-refractivity contribution in [3.05, 3.63) is 188 Å². The maximum Gasteiger partial charge on any atom is 0.164 e. The van der Waals surface area contributed by atoms with E-state index in [0.717, 1.165) is 65.8 Å². The summed E-state index contributed by atoms with van der Waals surface area (Å²) in [6.07, 6.45) is 0. The molecule has 0 aliphatic rings. The lowest BCUT2D eigenvalue weighted by Crippen LogP contribution is -2.00. The molecule has 0 fully saturated rings. The van der Waals surface area contributed by atoms with Crippen molar-refractivity contribution in [2.75, 3.05) is 0 Å². The monoisotopic (exact) mass is 739 g/mol. The number of benzene rings is 8. The van der Waals surface area contributed by atoms with Gasteiger partial charge in [-0.1, -0.05) is 133 Å². The molecular formula is C51H31N5O. The van der Waals surface area contributed by atoms with Gasteiger partial charge in [-0.15, -0.1) is 0 Å². The average Bonchev–Trinajstić information content (AvgIpc) is 4.00. The number of fused-ring (bicyclic) bond motifs is 9. The molecule has 0 saturated heterocycles. The summed E-state index contributed by atoms with van der Waals surface area (Å²) in [5, 5.41) is 6.04. The van der Waals surface area contributed by atoms with Crippen LogP contribution in [0.15, 0.2) is 192 Å². The van der Waals surface area contributed by atoms with E-state index in [4.69, 9.17) is 18.1 Å². The summed E-state index contributed by atoms with van der Waals surface area (Å²) in [4.78, 5) is 13.7. The van der Waals surface area contributed by atoms with E-state index in [9.17, 15) is 0 Å². The predicted octanol–water partition coefficient (Wildman–Crippen LogP) is 13.0. The third-order valence-corrected chi connectivity index (χ3v) is 10.5. The van der Waals surface area contributed by atoms with Gasteiger partial charge in [0.1, 0.15) is 5.58 Å². The molecule has 57 heavy (non-hydrogen) atoms. The van der Waals surface area contributed by atoms with Crippen molar-refractivity contribution < 1.29 is 18.1 Å². The van der Waals surface area contributed by atoms with E-state index in [-0.39, 0.29) is 28.6 Å². The van der Waals surface area contributed by atoms with Crippen molar-refractivity contribution in [2.45, 2.75) is 0 Å². The molecule has 12 aromatic rings. The Morgan fingerprint density at radius 2 is 0.965 bits per heavy atom. The van der Waals surface area contributed by atoms with Gasteiger partial charge in [-0.05, 0) is 54.6 Å². The van der Waals surface area contributed by atoms with Gasteiger partial charge in [0.2, 0.25) is 0 Å². The second kappa shape index (κ2) is 12.3. The molecule has 6 nitrogen and oxygen atoms in total. The Labute approximate surface area is 340 Å². The van der Waals surface area contributed by atoms with Crippen LogP contribution in [-0.2, 0) is 0 Å². The molecular weight excluding hydrogens is 699 g/mol. The summed E-state index contributed by atoms with van der Waals surface area (Å²) in [7, 11) is 0. The molecule has 12 rings (SSSR count). The van der Waals surface area contributed by atoms with Crippen LogP contribution >= 0.6 is 0 Å². The van der Waals surface area contributed by atoms with Gasteiger partial charge in [0, 0.05) is 54.7 Å². The number of rotatable bonds is 5. The zero-order valence-corrected chi connectivity index (χ0v) is 29.8. The van der Waals surface area contributed by atoms with E-state index >= 15 is 0 Å². The van der Waals surface area contributed by atoms with Gasteiger partial charge in [-0.25, -0.2) is 15.0 Å². The average molecular weight is 740 g/mol. The van der Waals surface area contributed by atoms with Gasteiger partial charge < -0.3 is 13.6 Å². The first-order valence-electron chi connectivity index (χ1n) is 23.3. The molecule has 0 aliphatic heterocycles. The fourth-order valence-corrected chi connectivity index (χ4v) is 8.10. The lowest BCUT2D eigenvalue weighted by atomic mass is 10.1. The second-order valence-electron chi connectivity index (χ2n) is 13.7. The van der Waals surface area contributed by atoms with E-state index in [0.29, 0.717) is 16.7 Å². The molecule has 266 valence electrons. The minimum atomic E-state index is -0.618. The third-order valence-electron chi connectivity index (χ3n) is 10.5. The molecule has 8 aromatic carbocycles. The molecule has 6 heteroatoms. The van der Waals surface area contributed by atoms with E-state index in [1.54, 1.807) is 12.1 Å². The number of aromatic nitrogens is 5. The number of para-hydroxylation sites is 4. The zero-order chi connectivity index (χ0) is 46.2. The van der Waals surface area contributed by atoms with Gasteiger partial charge in [0.25, 0.3) is 0 Å². The van der Waals surface area contributed by atoms with Crippen LogP contribution < -0.4 is 0 Å². The highest BCUT2D eigenvalue weighted by Gasteiger charge is 2.21. The topological polar surface area (TPSA) is 61.7 Å². The van der Waals surface area contributed by atoms with E-state index < -0.39 is 60.4 Å². The van der Waals surface area contributed by atoms with E-state index in [2.05, 4.69) is 84.7 Å². The minimum absolute atomic E-state index is 0.0542. The first-order valence-corrected chi connectivity index (χ1v) is 18.3. The van der Waals surface area contributed by atoms with Gasteiger partial charge in [-0.2, -0.15) is 0 Å². The lowest BCUT2D eigenvalue weighted by Gasteiger charge is -2.10. The molecule has 0 saturated carbocycles. The van der Waals surface area contributed by atoms with Gasteiger partial charge in [0.15, 0.2) is 23.1 Å². The van der Waals surface area contributed by atoms with Crippen LogP contribution in [0.25, 0.3) is 111 Å². The van der Waals surface area contributed by atoms with Crippen LogP contribution in [0.2, 0.25) is 0 Å². The number of nitrogens with zero attached hydrogens (tertiary/aromatic N) is 5. The fraction of sp³-hybridized carbons (Fsp3) is 0. The Morgan fingerprint density at radius 3 is 1.63 bits per heavy atom. The highest BCUT2D eigenvalue weighted by molar-refractivity contribution is 6.20. The van der Waals surface area contributed by atoms with Crippen molar-refractivity contribution in [1.29, 1.82) is 0 Å². The Balaban J connectivity index is 1.09. The van der Waals surface area contributed by atoms with Gasteiger partial charge in [0.05, 0.1) is 41.5 Å². The Bertz CT molecular complexity index is 3980. The standard InChI is InChI=1S/C51H31N5O/c1-4-15-32(16-5-1)49-52-50(33-17-6-2-7-18-33)54-51(53-49)34-27-28-38-39-23-14-26-44(48(39)57-47(38)29-34)56-43-25-13-11-22-37(43)41-30-40-36-21-10-12-24-42(36)55(45(40)31-46(41)56)35-19-8-3-9-20-35/h1-31H/i1D,2D,4D,5D,6D,7D,15D,16D,17D,18D.